The van der Waals surface area contributed by atoms with Crippen molar-refractivity contribution in [3.8, 4) is 0 Å². The summed E-state index contributed by atoms with van der Waals surface area (Å²) >= 11 is 0. The van der Waals surface area contributed by atoms with Gasteiger partial charge in [0, 0.05) is 24.7 Å². The van der Waals surface area contributed by atoms with Crippen molar-refractivity contribution in [2.75, 3.05) is 13.6 Å². The molecule has 3 fully saturated rings. The number of carbonyl (C=O) groups is 1. The number of hydrogen-bond acceptors (Lipinski definition) is 2. The molecular weight excluding hydrogens is 250 g/mol. The number of nitrogens with zero attached hydrogens (tertiary/aromatic N) is 1. The van der Waals surface area contributed by atoms with Gasteiger partial charge in [0.05, 0.1) is 0 Å². The van der Waals surface area contributed by atoms with Crippen LogP contribution in [0, 0.1) is 5.41 Å². The van der Waals surface area contributed by atoms with Crippen molar-refractivity contribution >= 4 is 6.03 Å². The first-order valence-corrected chi connectivity index (χ1v) is 8.38. The zero-order valence-electron chi connectivity index (χ0n) is 13.0. The molecule has 2 aliphatic heterocycles. The average Bonchev–Trinajstić information content (AvgIpc) is 3.18. The van der Waals surface area contributed by atoms with Gasteiger partial charge in [-0.05, 0) is 57.4 Å². The van der Waals surface area contributed by atoms with E-state index in [0.29, 0.717) is 23.5 Å². The van der Waals surface area contributed by atoms with Crippen LogP contribution in [-0.4, -0.2) is 42.6 Å². The van der Waals surface area contributed by atoms with Gasteiger partial charge in [-0.2, -0.15) is 0 Å². The van der Waals surface area contributed by atoms with E-state index >= 15 is 0 Å². The van der Waals surface area contributed by atoms with Crippen LogP contribution >= 0.6 is 0 Å². The van der Waals surface area contributed by atoms with Crippen molar-refractivity contribution in [1.29, 1.82) is 0 Å². The fourth-order valence-electron chi connectivity index (χ4n) is 4.07. The van der Waals surface area contributed by atoms with Crippen LogP contribution in [0.1, 0.15) is 58.3 Å². The Kier molecular flexibility index (Phi) is 3.93. The van der Waals surface area contributed by atoms with Gasteiger partial charge in [-0.15, -0.1) is 0 Å². The molecule has 3 rings (SSSR count). The summed E-state index contributed by atoms with van der Waals surface area (Å²) in [6, 6.07) is 1.78. The minimum absolute atomic E-state index is 0.0531. The maximum Gasteiger partial charge on any atom is 0.315 e. The van der Waals surface area contributed by atoms with Crippen molar-refractivity contribution < 1.29 is 4.79 Å². The maximum absolute atomic E-state index is 12.1. The van der Waals surface area contributed by atoms with Gasteiger partial charge in [0.1, 0.15) is 0 Å². The highest BCUT2D eigenvalue weighted by molar-refractivity contribution is 5.74. The summed E-state index contributed by atoms with van der Waals surface area (Å²) in [5, 5.41) is 6.31. The Morgan fingerprint density at radius 1 is 1.25 bits per heavy atom. The van der Waals surface area contributed by atoms with Crippen molar-refractivity contribution in [2.24, 2.45) is 5.41 Å². The SMILES string of the molecule is CCC1(CNC(=O)NC2CC3CCCC(C2)N3C)CC1. The summed E-state index contributed by atoms with van der Waals surface area (Å²) in [6.07, 6.45) is 9.95. The molecule has 2 saturated heterocycles. The lowest BCUT2D eigenvalue weighted by Crippen LogP contribution is -2.56. The molecule has 2 atom stereocenters. The molecule has 0 aromatic heterocycles. The predicted octanol–water partition coefficient (Wildman–Crippen LogP) is 2.49. The molecule has 2 N–H and O–H groups in total. The molecule has 2 unspecified atom stereocenters. The molecular formula is C16H29N3O. The summed E-state index contributed by atoms with van der Waals surface area (Å²) in [5.41, 5.74) is 0.431. The smallest absolute Gasteiger partial charge is 0.315 e. The third-order valence-corrected chi connectivity index (χ3v) is 6.01. The number of hydrogen-bond donors (Lipinski definition) is 2. The fourth-order valence-corrected chi connectivity index (χ4v) is 4.07. The highest BCUT2D eigenvalue weighted by Crippen LogP contribution is 2.47. The molecule has 0 aromatic carbocycles. The molecule has 4 heteroatoms. The first kappa shape index (κ1) is 14.2. The number of urea groups is 1. The Balaban J connectivity index is 1.45. The lowest BCUT2D eigenvalue weighted by atomic mass is 9.82. The normalized spacial score (nSPS) is 35.4. The predicted molar refractivity (Wildman–Crippen MR) is 80.7 cm³/mol. The van der Waals surface area contributed by atoms with Crippen molar-refractivity contribution in [3.05, 3.63) is 0 Å². The van der Waals surface area contributed by atoms with E-state index in [-0.39, 0.29) is 6.03 Å². The highest BCUT2D eigenvalue weighted by Gasteiger charge is 2.41. The zero-order chi connectivity index (χ0) is 14.2. The fraction of sp³-hybridized carbons (Fsp3) is 0.938. The van der Waals surface area contributed by atoms with Crippen molar-refractivity contribution in [2.45, 2.75) is 76.4 Å². The van der Waals surface area contributed by atoms with Crippen molar-refractivity contribution in [1.82, 2.24) is 15.5 Å². The Morgan fingerprint density at radius 2 is 1.90 bits per heavy atom. The summed E-state index contributed by atoms with van der Waals surface area (Å²) in [4.78, 5) is 14.6. The van der Waals surface area contributed by atoms with E-state index in [1.165, 1.54) is 38.5 Å². The number of nitrogens with one attached hydrogen (secondary N) is 2. The standard InChI is InChI=1S/C16H29N3O/c1-3-16(7-8-16)11-17-15(20)18-12-9-13-5-4-6-14(10-12)19(13)2/h12-14H,3-11H2,1-2H3,(H2,17,18,20). The van der Waals surface area contributed by atoms with Gasteiger partial charge in [0.15, 0.2) is 0 Å². The van der Waals surface area contributed by atoms with Gasteiger partial charge in [0.25, 0.3) is 0 Å². The quantitative estimate of drug-likeness (QED) is 0.830. The van der Waals surface area contributed by atoms with Crippen LogP contribution in [0.4, 0.5) is 4.79 Å². The van der Waals surface area contributed by atoms with Crippen LogP contribution in [0.25, 0.3) is 0 Å². The van der Waals surface area contributed by atoms with E-state index in [9.17, 15) is 4.79 Å². The Morgan fingerprint density at radius 3 is 2.45 bits per heavy atom. The van der Waals surface area contributed by atoms with Gasteiger partial charge < -0.3 is 15.5 Å². The number of piperidine rings is 2. The number of fused-ring (bicyclic) bond motifs is 2. The Bertz CT molecular complexity index is 353. The number of carbonyl (C=O) groups excluding carboxylic acids is 1. The molecule has 0 aromatic rings. The summed E-state index contributed by atoms with van der Waals surface area (Å²) in [6.45, 7) is 3.08. The van der Waals surface area contributed by atoms with Gasteiger partial charge in [-0.3, -0.25) is 0 Å². The van der Waals surface area contributed by atoms with E-state index in [0.717, 1.165) is 19.4 Å². The first-order valence-electron chi connectivity index (χ1n) is 8.38. The van der Waals surface area contributed by atoms with Crippen LogP contribution in [-0.2, 0) is 0 Å². The molecule has 20 heavy (non-hydrogen) atoms. The van der Waals surface area contributed by atoms with E-state index in [1.54, 1.807) is 0 Å². The van der Waals surface area contributed by atoms with Gasteiger partial charge in [-0.25, -0.2) is 4.79 Å². The Labute approximate surface area is 122 Å². The number of amides is 2. The van der Waals surface area contributed by atoms with Crippen LogP contribution in [0.15, 0.2) is 0 Å². The van der Waals surface area contributed by atoms with Crippen molar-refractivity contribution in [3.63, 3.8) is 0 Å². The average molecular weight is 279 g/mol. The third kappa shape index (κ3) is 2.95. The van der Waals surface area contributed by atoms with Crippen LogP contribution in [0.3, 0.4) is 0 Å². The maximum atomic E-state index is 12.1. The summed E-state index contributed by atoms with van der Waals surface area (Å²) < 4.78 is 0. The van der Waals surface area contributed by atoms with E-state index < -0.39 is 0 Å². The molecule has 2 bridgehead atoms. The minimum atomic E-state index is 0.0531. The lowest BCUT2D eigenvalue weighted by molar-refractivity contribution is 0.0508. The first-order chi connectivity index (χ1) is 9.62. The van der Waals surface area contributed by atoms with E-state index in [4.69, 9.17) is 0 Å². The molecule has 4 nitrogen and oxygen atoms in total. The van der Waals surface area contributed by atoms with Gasteiger partial charge >= 0.3 is 6.03 Å². The van der Waals surface area contributed by atoms with Crippen LogP contribution < -0.4 is 10.6 Å². The second-order valence-corrected chi connectivity index (χ2v) is 7.25. The zero-order valence-corrected chi connectivity index (χ0v) is 13.0. The highest BCUT2D eigenvalue weighted by atomic mass is 16.2. The monoisotopic (exact) mass is 279 g/mol. The van der Waals surface area contributed by atoms with Crippen LogP contribution in [0.2, 0.25) is 0 Å². The van der Waals surface area contributed by atoms with Crippen LogP contribution in [0.5, 0.6) is 0 Å². The topological polar surface area (TPSA) is 44.4 Å². The summed E-state index contributed by atoms with van der Waals surface area (Å²) in [5.74, 6) is 0. The molecule has 2 amide bonds. The van der Waals surface area contributed by atoms with E-state index in [1.807, 2.05) is 0 Å². The molecule has 114 valence electrons. The largest absolute Gasteiger partial charge is 0.338 e. The molecule has 2 heterocycles. The van der Waals surface area contributed by atoms with Gasteiger partial charge in [0.2, 0.25) is 0 Å². The van der Waals surface area contributed by atoms with E-state index in [2.05, 4.69) is 29.5 Å². The molecule has 1 saturated carbocycles. The molecule has 1 aliphatic carbocycles. The summed E-state index contributed by atoms with van der Waals surface area (Å²) in [7, 11) is 2.25. The minimum Gasteiger partial charge on any atom is -0.338 e. The lowest BCUT2D eigenvalue weighted by Gasteiger charge is -2.47. The molecule has 3 aliphatic rings. The second kappa shape index (κ2) is 5.55. The molecule has 0 radical (unpaired) electrons. The van der Waals surface area contributed by atoms with Gasteiger partial charge in [-0.1, -0.05) is 13.3 Å². The number of rotatable bonds is 4. The second-order valence-electron chi connectivity index (χ2n) is 7.25. The third-order valence-electron chi connectivity index (χ3n) is 6.01. The Hall–Kier alpha value is -0.770. The molecule has 0 spiro atoms.